The topological polar surface area (TPSA) is 49.4 Å². The molecule has 0 aromatic rings. The highest BCUT2D eigenvalue weighted by atomic mass is 16.2. The maximum atomic E-state index is 13.1. The van der Waals surface area contributed by atoms with E-state index in [1.54, 1.807) is 0 Å². The molecule has 2 unspecified atom stereocenters. The summed E-state index contributed by atoms with van der Waals surface area (Å²) in [6, 6.07) is -0.0472. The molecule has 3 rings (SSSR count). The highest BCUT2D eigenvalue weighted by molar-refractivity contribution is 6.00. The molecule has 3 fully saturated rings. The Balaban J connectivity index is 1.89. The third-order valence-corrected chi connectivity index (χ3v) is 5.76. The highest BCUT2D eigenvalue weighted by Gasteiger charge is 2.53. The van der Waals surface area contributed by atoms with E-state index in [0.717, 1.165) is 25.7 Å². The van der Waals surface area contributed by atoms with Crippen molar-refractivity contribution < 1.29 is 9.59 Å². The number of piperazine rings is 1. The number of nitrogens with one attached hydrogen (secondary N) is 1. The predicted octanol–water partition coefficient (Wildman–Crippen LogP) is 2.22. The SMILES string of the molecule is CCC1C(=O)NC2(CCCC2)C(=O)N1C(C)C1CCC1. The number of hydrogen-bond donors (Lipinski definition) is 1. The van der Waals surface area contributed by atoms with E-state index >= 15 is 0 Å². The number of hydrogen-bond acceptors (Lipinski definition) is 2. The monoisotopic (exact) mass is 278 g/mol. The first-order chi connectivity index (χ1) is 9.59. The van der Waals surface area contributed by atoms with Gasteiger partial charge >= 0.3 is 0 Å². The maximum Gasteiger partial charge on any atom is 0.249 e. The zero-order valence-electron chi connectivity index (χ0n) is 12.7. The Morgan fingerprint density at radius 2 is 1.90 bits per heavy atom. The van der Waals surface area contributed by atoms with Crippen LogP contribution in [0.3, 0.4) is 0 Å². The largest absolute Gasteiger partial charge is 0.340 e. The molecule has 112 valence electrons. The summed E-state index contributed by atoms with van der Waals surface area (Å²) in [5, 5.41) is 3.07. The van der Waals surface area contributed by atoms with Crippen LogP contribution in [0, 0.1) is 5.92 Å². The van der Waals surface area contributed by atoms with Crippen LogP contribution in [-0.4, -0.2) is 34.3 Å². The summed E-state index contributed by atoms with van der Waals surface area (Å²) in [6.07, 6.45) is 8.13. The van der Waals surface area contributed by atoms with Crippen LogP contribution in [0.15, 0.2) is 0 Å². The normalized spacial score (nSPS) is 31.3. The molecule has 0 aromatic carbocycles. The van der Waals surface area contributed by atoms with E-state index in [-0.39, 0.29) is 23.9 Å². The van der Waals surface area contributed by atoms with Gasteiger partial charge in [-0.15, -0.1) is 0 Å². The molecule has 1 saturated heterocycles. The minimum Gasteiger partial charge on any atom is -0.340 e. The fourth-order valence-corrected chi connectivity index (χ4v) is 4.21. The van der Waals surface area contributed by atoms with Gasteiger partial charge in [0, 0.05) is 6.04 Å². The van der Waals surface area contributed by atoms with Gasteiger partial charge in [0.15, 0.2) is 0 Å². The van der Waals surface area contributed by atoms with Crippen LogP contribution in [0.25, 0.3) is 0 Å². The smallest absolute Gasteiger partial charge is 0.249 e. The Hall–Kier alpha value is -1.06. The third-order valence-electron chi connectivity index (χ3n) is 5.76. The summed E-state index contributed by atoms with van der Waals surface area (Å²) in [6.45, 7) is 4.15. The molecule has 1 N–H and O–H groups in total. The molecule has 2 aliphatic carbocycles. The Kier molecular flexibility index (Phi) is 3.51. The molecule has 2 atom stereocenters. The van der Waals surface area contributed by atoms with Crippen molar-refractivity contribution in [2.24, 2.45) is 5.92 Å². The molecular formula is C16H26N2O2. The third kappa shape index (κ3) is 1.95. The van der Waals surface area contributed by atoms with Gasteiger partial charge in [0.1, 0.15) is 11.6 Å². The molecule has 1 aliphatic heterocycles. The first-order valence-electron chi connectivity index (χ1n) is 8.24. The van der Waals surface area contributed by atoms with Gasteiger partial charge in [0.05, 0.1) is 0 Å². The van der Waals surface area contributed by atoms with E-state index in [1.165, 1.54) is 19.3 Å². The van der Waals surface area contributed by atoms with E-state index < -0.39 is 5.54 Å². The van der Waals surface area contributed by atoms with Crippen molar-refractivity contribution in [2.45, 2.75) is 82.8 Å². The zero-order chi connectivity index (χ0) is 14.3. The second-order valence-electron chi connectivity index (χ2n) is 6.85. The van der Waals surface area contributed by atoms with Gasteiger partial charge in [0.2, 0.25) is 11.8 Å². The van der Waals surface area contributed by atoms with Crippen molar-refractivity contribution in [3.63, 3.8) is 0 Å². The quantitative estimate of drug-likeness (QED) is 0.860. The highest BCUT2D eigenvalue weighted by Crippen LogP contribution is 2.39. The number of carbonyl (C=O) groups excluding carboxylic acids is 2. The average Bonchev–Trinajstić information content (AvgIpc) is 2.80. The van der Waals surface area contributed by atoms with Crippen LogP contribution in [0.2, 0.25) is 0 Å². The number of carbonyl (C=O) groups is 2. The lowest BCUT2D eigenvalue weighted by Gasteiger charge is -2.50. The molecule has 0 radical (unpaired) electrons. The Bertz CT molecular complexity index is 411. The van der Waals surface area contributed by atoms with Crippen LogP contribution in [0.5, 0.6) is 0 Å². The number of amides is 2. The second-order valence-corrected chi connectivity index (χ2v) is 6.85. The molecule has 20 heavy (non-hydrogen) atoms. The van der Waals surface area contributed by atoms with Crippen molar-refractivity contribution in [3.05, 3.63) is 0 Å². The first kappa shape index (κ1) is 13.9. The molecule has 0 bridgehead atoms. The summed E-state index contributed by atoms with van der Waals surface area (Å²) in [5.74, 6) is 0.860. The fourth-order valence-electron chi connectivity index (χ4n) is 4.21. The number of rotatable bonds is 3. The van der Waals surface area contributed by atoms with E-state index in [4.69, 9.17) is 0 Å². The lowest BCUT2D eigenvalue weighted by Crippen LogP contribution is -2.71. The summed E-state index contributed by atoms with van der Waals surface area (Å²) in [5.41, 5.74) is -0.569. The lowest BCUT2D eigenvalue weighted by atomic mass is 9.77. The molecular weight excluding hydrogens is 252 g/mol. The van der Waals surface area contributed by atoms with Crippen LogP contribution in [0.1, 0.15) is 65.2 Å². The molecule has 2 saturated carbocycles. The molecule has 3 aliphatic rings. The van der Waals surface area contributed by atoms with Gasteiger partial charge in [-0.3, -0.25) is 9.59 Å². The van der Waals surface area contributed by atoms with Gasteiger partial charge < -0.3 is 10.2 Å². The van der Waals surface area contributed by atoms with Crippen molar-refractivity contribution >= 4 is 11.8 Å². The van der Waals surface area contributed by atoms with Crippen LogP contribution in [0.4, 0.5) is 0 Å². The Morgan fingerprint density at radius 3 is 2.40 bits per heavy atom. The molecule has 1 spiro atoms. The van der Waals surface area contributed by atoms with Crippen molar-refractivity contribution in [1.82, 2.24) is 10.2 Å². The van der Waals surface area contributed by atoms with Gasteiger partial charge in [0.25, 0.3) is 0 Å². The Morgan fingerprint density at radius 1 is 1.25 bits per heavy atom. The zero-order valence-corrected chi connectivity index (χ0v) is 12.7. The molecule has 4 nitrogen and oxygen atoms in total. The van der Waals surface area contributed by atoms with E-state index in [2.05, 4.69) is 12.2 Å². The maximum absolute atomic E-state index is 13.1. The van der Waals surface area contributed by atoms with Gasteiger partial charge in [-0.05, 0) is 44.9 Å². The number of nitrogens with zero attached hydrogens (tertiary/aromatic N) is 1. The van der Waals surface area contributed by atoms with E-state index in [0.29, 0.717) is 12.3 Å². The minimum absolute atomic E-state index is 0.0696. The molecule has 1 heterocycles. The van der Waals surface area contributed by atoms with E-state index in [1.807, 2.05) is 11.8 Å². The standard InChI is InChI=1S/C16H26N2O2/c1-3-13-14(19)17-16(9-4-5-10-16)15(20)18(13)11(2)12-7-6-8-12/h11-13H,3-10H2,1-2H3,(H,17,19). The van der Waals surface area contributed by atoms with Crippen molar-refractivity contribution in [1.29, 1.82) is 0 Å². The van der Waals surface area contributed by atoms with Gasteiger partial charge in [-0.2, -0.15) is 0 Å². The summed E-state index contributed by atoms with van der Waals surface area (Å²) in [4.78, 5) is 27.5. The van der Waals surface area contributed by atoms with E-state index in [9.17, 15) is 9.59 Å². The molecule has 2 amide bonds. The van der Waals surface area contributed by atoms with Gasteiger partial charge in [-0.25, -0.2) is 0 Å². The minimum atomic E-state index is -0.569. The second kappa shape index (κ2) is 5.05. The summed E-state index contributed by atoms with van der Waals surface area (Å²) < 4.78 is 0. The van der Waals surface area contributed by atoms with Gasteiger partial charge in [-0.1, -0.05) is 26.2 Å². The summed E-state index contributed by atoms with van der Waals surface area (Å²) >= 11 is 0. The molecule has 4 heteroatoms. The van der Waals surface area contributed by atoms with Crippen LogP contribution >= 0.6 is 0 Å². The Labute approximate surface area is 121 Å². The van der Waals surface area contributed by atoms with Crippen LogP contribution < -0.4 is 5.32 Å². The van der Waals surface area contributed by atoms with Crippen molar-refractivity contribution in [2.75, 3.05) is 0 Å². The first-order valence-corrected chi connectivity index (χ1v) is 8.24. The van der Waals surface area contributed by atoms with Crippen molar-refractivity contribution in [3.8, 4) is 0 Å². The predicted molar refractivity (Wildman–Crippen MR) is 77.1 cm³/mol. The average molecular weight is 278 g/mol. The molecule has 0 aromatic heterocycles. The fraction of sp³-hybridized carbons (Fsp3) is 0.875. The van der Waals surface area contributed by atoms with Crippen LogP contribution in [-0.2, 0) is 9.59 Å². The lowest BCUT2D eigenvalue weighted by molar-refractivity contribution is -0.159. The summed E-state index contributed by atoms with van der Waals surface area (Å²) in [7, 11) is 0.